The lowest BCUT2D eigenvalue weighted by molar-refractivity contribution is -0.135. The number of phenols is 1. The number of unbranched alkanes of at least 4 members (excludes halogenated alkanes) is 4. The van der Waals surface area contributed by atoms with Crippen molar-refractivity contribution >= 4 is 34.4 Å². The Kier molecular flexibility index (Phi) is 10.5. The summed E-state index contributed by atoms with van der Waals surface area (Å²) in [6.45, 7) is 2.20. The number of anilines is 1. The summed E-state index contributed by atoms with van der Waals surface area (Å²) >= 11 is 0. The van der Waals surface area contributed by atoms with Crippen molar-refractivity contribution in [1.29, 1.82) is 0 Å². The van der Waals surface area contributed by atoms with Gasteiger partial charge in [-0.15, -0.1) is 5.10 Å². The number of aryl methyl sites for hydroxylation is 3. The Hall–Kier alpha value is -6.05. The van der Waals surface area contributed by atoms with Crippen LogP contribution in [0.2, 0.25) is 0 Å². The first kappa shape index (κ1) is 36.9. The van der Waals surface area contributed by atoms with Crippen LogP contribution in [-0.2, 0) is 36.0 Å². The van der Waals surface area contributed by atoms with E-state index in [0.29, 0.717) is 36.1 Å². The molecule has 14 heteroatoms. The maximum Gasteiger partial charge on any atom is 0.329 e. The monoisotopic (exact) mass is 757 g/mol. The van der Waals surface area contributed by atoms with Gasteiger partial charge in [-0.1, -0.05) is 48.7 Å². The Balaban J connectivity index is 0.759. The average molecular weight is 758 g/mol. The van der Waals surface area contributed by atoms with Crippen LogP contribution in [0.3, 0.4) is 0 Å². The van der Waals surface area contributed by atoms with Crippen LogP contribution < -0.4 is 15.9 Å². The third-order valence-corrected chi connectivity index (χ3v) is 11.4. The largest absolute Gasteiger partial charge is 0.507 e. The molecule has 3 fully saturated rings. The number of aromatic hydroxyl groups is 1. The second-order valence-corrected chi connectivity index (χ2v) is 15.3. The van der Waals surface area contributed by atoms with Crippen molar-refractivity contribution < 1.29 is 19.5 Å². The summed E-state index contributed by atoms with van der Waals surface area (Å²) in [6, 6.07) is 18.7. The van der Waals surface area contributed by atoms with E-state index in [9.17, 15) is 24.3 Å². The molecule has 0 radical (unpaired) electrons. The first-order valence-electron chi connectivity index (χ1n) is 19.6. The topological polar surface area (TPSA) is 160 Å². The van der Waals surface area contributed by atoms with Crippen molar-refractivity contribution in [3.8, 4) is 5.75 Å². The molecule has 2 N–H and O–H groups in total. The Morgan fingerprint density at radius 3 is 2.54 bits per heavy atom. The average Bonchev–Trinajstić information content (AvgIpc) is 3.98. The van der Waals surface area contributed by atoms with Gasteiger partial charge in [0.05, 0.1) is 34.5 Å². The number of benzene rings is 2. The van der Waals surface area contributed by atoms with E-state index in [-0.39, 0.29) is 29.6 Å². The molecule has 2 amide bonds. The van der Waals surface area contributed by atoms with E-state index in [1.54, 1.807) is 35.9 Å². The van der Waals surface area contributed by atoms with Crippen LogP contribution in [0, 0.1) is 0 Å². The van der Waals surface area contributed by atoms with Gasteiger partial charge < -0.3 is 14.9 Å². The highest BCUT2D eigenvalue weighted by molar-refractivity contribution is 6.06. The molecule has 2 bridgehead atoms. The quantitative estimate of drug-likeness (QED) is 0.0676. The molecular formula is C42H47N9O5. The van der Waals surface area contributed by atoms with Gasteiger partial charge in [0.2, 0.25) is 11.8 Å². The van der Waals surface area contributed by atoms with Crippen molar-refractivity contribution in [2.45, 2.75) is 88.9 Å². The fourth-order valence-electron chi connectivity index (χ4n) is 8.47. The molecule has 14 nitrogen and oxygen atoms in total. The molecule has 0 spiro atoms. The van der Waals surface area contributed by atoms with Gasteiger partial charge in [0.25, 0.3) is 0 Å². The Morgan fingerprint density at radius 1 is 0.911 bits per heavy atom. The molecule has 0 saturated carbocycles. The molecule has 3 aliphatic rings. The van der Waals surface area contributed by atoms with Crippen molar-refractivity contribution in [3.63, 3.8) is 0 Å². The molecule has 3 aliphatic heterocycles. The van der Waals surface area contributed by atoms with Crippen molar-refractivity contribution in [1.82, 2.24) is 39.3 Å². The van der Waals surface area contributed by atoms with Crippen molar-refractivity contribution in [3.05, 3.63) is 112 Å². The van der Waals surface area contributed by atoms with E-state index < -0.39 is 11.9 Å². The van der Waals surface area contributed by atoms with Crippen molar-refractivity contribution in [2.24, 2.45) is 7.05 Å². The highest BCUT2D eigenvalue weighted by Gasteiger charge is 2.42. The first-order chi connectivity index (χ1) is 27.2. The van der Waals surface area contributed by atoms with Gasteiger partial charge in [0, 0.05) is 57.1 Å². The molecule has 8 rings (SSSR count). The summed E-state index contributed by atoms with van der Waals surface area (Å²) in [7, 11) is 1.73. The van der Waals surface area contributed by atoms with Gasteiger partial charge in [0.15, 0.2) is 5.78 Å². The lowest BCUT2D eigenvalue weighted by Crippen LogP contribution is -2.44. The predicted molar refractivity (Wildman–Crippen MR) is 210 cm³/mol. The van der Waals surface area contributed by atoms with Gasteiger partial charge in [-0.25, -0.2) is 14.5 Å². The number of imide groups is 1. The molecular weight excluding hydrogens is 711 g/mol. The van der Waals surface area contributed by atoms with Crippen LogP contribution in [0.25, 0.3) is 11.0 Å². The fourth-order valence-corrected chi connectivity index (χ4v) is 8.47. The molecule has 3 aromatic heterocycles. The van der Waals surface area contributed by atoms with E-state index >= 15 is 0 Å². The maximum absolute atomic E-state index is 13.1. The number of hydrogen-bond acceptors (Lipinski definition) is 10. The number of piperazine rings is 1. The van der Waals surface area contributed by atoms with E-state index in [1.807, 2.05) is 47.4 Å². The molecule has 56 heavy (non-hydrogen) atoms. The van der Waals surface area contributed by atoms with Crippen LogP contribution in [0.1, 0.15) is 84.7 Å². The highest BCUT2D eigenvalue weighted by Crippen LogP contribution is 2.34. The van der Waals surface area contributed by atoms with E-state index in [4.69, 9.17) is 4.98 Å². The van der Waals surface area contributed by atoms with Gasteiger partial charge in [0.1, 0.15) is 17.6 Å². The minimum absolute atomic E-state index is 0.00331. The zero-order valence-electron chi connectivity index (χ0n) is 31.6. The number of fused-ring (bicyclic) bond motifs is 3. The summed E-state index contributed by atoms with van der Waals surface area (Å²) in [5, 5.41) is 21.2. The Bertz CT molecular complexity index is 2360. The molecule has 2 aromatic carbocycles. The molecule has 6 heterocycles. The molecule has 3 atom stereocenters. The Labute approximate surface area is 324 Å². The van der Waals surface area contributed by atoms with Crippen molar-refractivity contribution in [2.75, 3.05) is 18.0 Å². The van der Waals surface area contributed by atoms with E-state index in [2.05, 4.69) is 31.5 Å². The third-order valence-electron chi connectivity index (χ3n) is 11.4. The molecule has 3 saturated heterocycles. The number of carbonyl (C=O) groups excluding carboxylic acids is 3. The molecule has 5 aromatic rings. The number of carbonyl (C=O) groups is 3. The molecule has 0 aliphatic carbocycles. The number of piperidine rings is 1. The highest BCUT2D eigenvalue weighted by atomic mass is 16.3. The zero-order valence-corrected chi connectivity index (χ0v) is 31.6. The number of likely N-dealkylation sites (tertiary alicyclic amines) is 1. The van der Waals surface area contributed by atoms with Crippen LogP contribution in [-0.4, -0.2) is 81.9 Å². The summed E-state index contributed by atoms with van der Waals surface area (Å²) < 4.78 is 4.97. The molecule has 290 valence electrons. The summed E-state index contributed by atoms with van der Waals surface area (Å²) in [5.41, 5.74) is 4.65. The number of nitrogens with zero attached hydrogens (tertiary/aromatic N) is 8. The lowest BCUT2D eigenvalue weighted by atomic mass is 10.0. The van der Waals surface area contributed by atoms with Crippen LogP contribution >= 0.6 is 0 Å². The SMILES string of the molecule is Cn1c(=O)n(C2CCC(=O)NC2=O)c2ccc(CCCCCCCc3cn(Cc4cccc(N5C[C@H]6C[C@@H]5CN6/C=C/C(=O)c5ccccc5O)n4)nn3)cc21. The van der Waals surface area contributed by atoms with Gasteiger partial charge >= 0.3 is 5.69 Å². The van der Waals surface area contributed by atoms with Crippen LogP contribution in [0.15, 0.2) is 83.9 Å². The normalized spacial score (nSPS) is 19.5. The first-order valence-corrected chi connectivity index (χ1v) is 19.6. The van der Waals surface area contributed by atoms with Crippen LogP contribution in [0.4, 0.5) is 5.82 Å². The summed E-state index contributed by atoms with van der Waals surface area (Å²) in [4.78, 5) is 59.3. The lowest BCUT2D eigenvalue weighted by Gasteiger charge is -2.34. The number of amides is 2. The number of allylic oxidation sites excluding steroid dienone is 1. The second kappa shape index (κ2) is 16.0. The van der Waals surface area contributed by atoms with E-state index in [1.165, 1.54) is 10.6 Å². The number of nitrogens with one attached hydrogen (secondary N) is 1. The summed E-state index contributed by atoms with van der Waals surface area (Å²) in [6.07, 6.45) is 14.2. The fraction of sp³-hybridized carbons (Fsp3) is 0.405. The molecule has 1 unspecified atom stereocenters. The number of pyridine rings is 1. The summed E-state index contributed by atoms with van der Waals surface area (Å²) in [5.74, 6) is 0.0361. The second-order valence-electron chi connectivity index (χ2n) is 15.3. The number of ketones is 1. The number of para-hydroxylation sites is 1. The predicted octanol–water partition coefficient (Wildman–Crippen LogP) is 4.45. The smallest absolute Gasteiger partial charge is 0.329 e. The number of aromatic nitrogens is 6. The number of imidazole rings is 1. The standard InChI is InChI=1S/C42H47N9O5/c1-47-36-22-28(16-17-34(36)51(42(47)56)35-18-19-40(54)44-41(35)55)10-5-3-2-4-6-11-30-25-49(46-45-30)24-29-12-9-15-39(43-29)50-27-31-23-32(50)26-48(31)21-20-38(53)33-13-7-8-14-37(33)52/h7-9,12-17,20-22,25,31-32,35,52H,2-6,10-11,18-19,23-24,26-27H2,1H3,(H,44,54,55)/b21-20+/t31-,32-,35?/m1/s1. The minimum atomic E-state index is -0.674. The van der Waals surface area contributed by atoms with Crippen LogP contribution in [0.5, 0.6) is 5.75 Å². The Morgan fingerprint density at radius 2 is 1.73 bits per heavy atom. The number of phenolic OH excluding ortho intramolecular Hbond substituents is 1. The number of rotatable bonds is 15. The zero-order chi connectivity index (χ0) is 38.8. The van der Waals surface area contributed by atoms with Gasteiger partial charge in [-0.3, -0.25) is 28.8 Å². The third kappa shape index (κ3) is 7.73. The minimum Gasteiger partial charge on any atom is -0.507 e. The maximum atomic E-state index is 13.1. The van der Waals surface area contributed by atoms with Gasteiger partial charge in [-0.2, -0.15) is 0 Å². The van der Waals surface area contributed by atoms with E-state index in [0.717, 1.165) is 92.7 Å². The van der Waals surface area contributed by atoms with Gasteiger partial charge in [-0.05, 0) is 80.5 Å². The number of hydrogen-bond donors (Lipinski definition) is 2.